The Morgan fingerprint density at radius 1 is 1.45 bits per heavy atom. The maximum Gasteiger partial charge on any atom is 0.407 e. The van der Waals surface area contributed by atoms with Gasteiger partial charge in [0.05, 0.1) is 13.1 Å². The van der Waals surface area contributed by atoms with Gasteiger partial charge >= 0.3 is 6.09 Å². The predicted molar refractivity (Wildman–Crippen MR) is 70.5 cm³/mol. The van der Waals surface area contributed by atoms with E-state index >= 15 is 0 Å². The molecule has 0 radical (unpaired) electrons. The molecule has 2 heterocycles. The molecule has 1 aromatic heterocycles. The Morgan fingerprint density at radius 2 is 2.10 bits per heavy atom. The molecular formula is C12H18N4O4. The maximum absolute atomic E-state index is 12.0. The van der Waals surface area contributed by atoms with E-state index in [9.17, 15) is 14.4 Å². The lowest BCUT2D eigenvalue weighted by atomic mass is 10.1. The Hall–Kier alpha value is -2.25. The van der Waals surface area contributed by atoms with Gasteiger partial charge < -0.3 is 15.0 Å². The number of carbonyl (C=O) groups excluding carboxylic acids is 2. The molecule has 8 heteroatoms. The highest BCUT2D eigenvalue weighted by molar-refractivity contribution is 5.92. The maximum atomic E-state index is 12.0. The third-order valence-electron chi connectivity index (χ3n) is 2.93. The fourth-order valence-corrected chi connectivity index (χ4v) is 1.87. The molecule has 20 heavy (non-hydrogen) atoms. The van der Waals surface area contributed by atoms with Crippen LogP contribution >= 0.6 is 0 Å². The lowest BCUT2D eigenvalue weighted by Crippen LogP contribution is -2.56. The van der Waals surface area contributed by atoms with E-state index in [-0.39, 0.29) is 29.3 Å². The van der Waals surface area contributed by atoms with Crippen molar-refractivity contribution in [2.24, 2.45) is 7.05 Å². The monoisotopic (exact) mass is 282 g/mol. The summed E-state index contributed by atoms with van der Waals surface area (Å²) in [4.78, 5) is 36.1. The summed E-state index contributed by atoms with van der Waals surface area (Å²) in [6.45, 7) is 4.34. The van der Waals surface area contributed by atoms with E-state index in [0.29, 0.717) is 13.1 Å². The van der Waals surface area contributed by atoms with Gasteiger partial charge in [0.1, 0.15) is 11.8 Å². The van der Waals surface area contributed by atoms with Crippen molar-refractivity contribution in [3.8, 4) is 0 Å². The summed E-state index contributed by atoms with van der Waals surface area (Å²) in [5, 5.41) is 5.28. The average molecular weight is 282 g/mol. The van der Waals surface area contributed by atoms with Gasteiger partial charge in [0.25, 0.3) is 11.5 Å². The summed E-state index contributed by atoms with van der Waals surface area (Å²) in [7, 11) is 1.54. The standard InChI is InChI=1S/C12H18N4O4/c1-7(2)13-12(19)20-8-5-16(6-8)11(18)9-4-10(17)15(3)14-9/h4,7-8,14H,5-6H2,1-3H3,(H,13,19). The largest absolute Gasteiger partial charge is 0.442 e. The quantitative estimate of drug-likeness (QED) is 0.793. The molecule has 2 amide bonds. The normalized spacial score (nSPS) is 15.1. The molecule has 0 aliphatic carbocycles. The minimum absolute atomic E-state index is 0.00899. The summed E-state index contributed by atoms with van der Waals surface area (Å²) in [6, 6.07) is 1.26. The van der Waals surface area contributed by atoms with Crippen LogP contribution in [0.25, 0.3) is 0 Å². The van der Waals surface area contributed by atoms with Crippen LogP contribution in [0.15, 0.2) is 10.9 Å². The van der Waals surface area contributed by atoms with E-state index in [2.05, 4.69) is 10.4 Å². The van der Waals surface area contributed by atoms with E-state index in [1.165, 1.54) is 22.7 Å². The van der Waals surface area contributed by atoms with Gasteiger partial charge in [-0.2, -0.15) is 0 Å². The van der Waals surface area contributed by atoms with Crippen LogP contribution in [0.1, 0.15) is 24.3 Å². The number of hydrogen-bond acceptors (Lipinski definition) is 4. The number of likely N-dealkylation sites (tertiary alicyclic amines) is 1. The van der Waals surface area contributed by atoms with Crippen molar-refractivity contribution in [1.82, 2.24) is 20.0 Å². The van der Waals surface area contributed by atoms with Crippen LogP contribution in [0.2, 0.25) is 0 Å². The summed E-state index contributed by atoms with van der Waals surface area (Å²) in [5.74, 6) is -0.271. The number of amides is 2. The first-order chi connectivity index (χ1) is 9.36. The fourth-order valence-electron chi connectivity index (χ4n) is 1.87. The minimum Gasteiger partial charge on any atom is -0.442 e. The number of nitrogens with zero attached hydrogens (tertiary/aromatic N) is 2. The Balaban J connectivity index is 1.83. The average Bonchev–Trinajstić information content (AvgIpc) is 2.62. The summed E-state index contributed by atoms with van der Waals surface area (Å²) < 4.78 is 6.35. The number of H-pyrrole nitrogens is 1. The zero-order chi connectivity index (χ0) is 14.9. The van der Waals surface area contributed by atoms with Crippen LogP contribution in [0.3, 0.4) is 0 Å². The lowest BCUT2D eigenvalue weighted by molar-refractivity contribution is -0.00733. The fraction of sp³-hybridized carbons (Fsp3) is 0.583. The second-order valence-electron chi connectivity index (χ2n) is 5.10. The first-order valence-electron chi connectivity index (χ1n) is 6.39. The molecule has 1 fully saturated rings. The van der Waals surface area contributed by atoms with Crippen LogP contribution in [0.5, 0.6) is 0 Å². The summed E-state index contributed by atoms with van der Waals surface area (Å²) in [5.41, 5.74) is -0.0273. The van der Waals surface area contributed by atoms with Crippen LogP contribution in [-0.4, -0.2) is 51.9 Å². The van der Waals surface area contributed by atoms with Gasteiger partial charge in [-0.3, -0.25) is 19.4 Å². The Kier molecular flexibility index (Phi) is 3.82. The Labute approximate surface area is 115 Å². The topological polar surface area (TPSA) is 96.4 Å². The van der Waals surface area contributed by atoms with Crippen LogP contribution in [0.4, 0.5) is 4.79 Å². The van der Waals surface area contributed by atoms with Crippen molar-refractivity contribution >= 4 is 12.0 Å². The first kappa shape index (κ1) is 14.2. The number of rotatable bonds is 3. The van der Waals surface area contributed by atoms with Gasteiger partial charge in [0, 0.05) is 19.2 Å². The third-order valence-corrected chi connectivity index (χ3v) is 2.93. The SMILES string of the molecule is CC(C)NC(=O)OC1CN(C(=O)c2cc(=O)n(C)[nH]2)C1. The molecule has 1 aliphatic rings. The summed E-state index contributed by atoms with van der Waals surface area (Å²) in [6.07, 6.45) is -0.779. The number of aromatic nitrogens is 2. The zero-order valence-corrected chi connectivity index (χ0v) is 11.7. The lowest BCUT2D eigenvalue weighted by Gasteiger charge is -2.38. The molecule has 0 saturated carbocycles. The second kappa shape index (κ2) is 5.40. The molecule has 0 unspecified atom stereocenters. The third kappa shape index (κ3) is 3.01. The first-order valence-corrected chi connectivity index (χ1v) is 6.39. The molecule has 0 spiro atoms. The van der Waals surface area contributed by atoms with E-state index < -0.39 is 6.09 Å². The van der Waals surface area contributed by atoms with Crippen molar-refractivity contribution in [3.63, 3.8) is 0 Å². The zero-order valence-electron chi connectivity index (χ0n) is 11.7. The van der Waals surface area contributed by atoms with Crippen LogP contribution in [-0.2, 0) is 11.8 Å². The van der Waals surface area contributed by atoms with Crippen LogP contribution in [0, 0.1) is 0 Å². The van der Waals surface area contributed by atoms with Crippen molar-refractivity contribution in [2.75, 3.05) is 13.1 Å². The van der Waals surface area contributed by atoms with Gasteiger partial charge in [0.2, 0.25) is 0 Å². The molecule has 2 rings (SSSR count). The van der Waals surface area contributed by atoms with Crippen molar-refractivity contribution in [3.05, 3.63) is 22.1 Å². The molecule has 0 bridgehead atoms. The molecule has 0 atom stereocenters. The highest BCUT2D eigenvalue weighted by Crippen LogP contribution is 2.14. The number of aryl methyl sites for hydroxylation is 1. The molecule has 1 aromatic rings. The highest BCUT2D eigenvalue weighted by atomic mass is 16.6. The van der Waals surface area contributed by atoms with Crippen molar-refractivity contribution < 1.29 is 14.3 Å². The van der Waals surface area contributed by atoms with E-state index in [0.717, 1.165) is 0 Å². The number of nitrogens with one attached hydrogen (secondary N) is 2. The number of carbonyl (C=O) groups is 2. The van der Waals surface area contributed by atoms with Gasteiger partial charge in [0.15, 0.2) is 0 Å². The molecule has 0 aromatic carbocycles. The van der Waals surface area contributed by atoms with Gasteiger partial charge in [-0.1, -0.05) is 0 Å². The van der Waals surface area contributed by atoms with E-state index in [1.807, 2.05) is 13.8 Å². The Morgan fingerprint density at radius 3 is 2.60 bits per heavy atom. The molecular weight excluding hydrogens is 264 g/mol. The van der Waals surface area contributed by atoms with Gasteiger partial charge in [-0.15, -0.1) is 0 Å². The van der Waals surface area contributed by atoms with Crippen molar-refractivity contribution in [2.45, 2.75) is 26.0 Å². The van der Waals surface area contributed by atoms with Crippen molar-refractivity contribution in [1.29, 1.82) is 0 Å². The number of ether oxygens (including phenoxy) is 1. The van der Waals surface area contributed by atoms with Crippen LogP contribution < -0.4 is 10.9 Å². The molecule has 1 aliphatic heterocycles. The second-order valence-corrected chi connectivity index (χ2v) is 5.10. The summed E-state index contributed by atoms with van der Waals surface area (Å²) >= 11 is 0. The highest BCUT2D eigenvalue weighted by Gasteiger charge is 2.34. The minimum atomic E-state index is -0.481. The molecule has 1 saturated heterocycles. The van der Waals surface area contributed by atoms with E-state index in [1.54, 1.807) is 0 Å². The molecule has 2 N–H and O–H groups in total. The van der Waals surface area contributed by atoms with E-state index in [4.69, 9.17) is 4.74 Å². The predicted octanol–water partition coefficient (Wildman–Crippen LogP) is -0.328. The number of alkyl carbamates (subject to hydrolysis) is 1. The molecule has 110 valence electrons. The Bertz CT molecular complexity index is 568. The van der Waals surface area contributed by atoms with Gasteiger partial charge in [-0.25, -0.2) is 4.79 Å². The number of hydrogen-bond donors (Lipinski definition) is 2. The number of aromatic amines is 1. The molecule has 8 nitrogen and oxygen atoms in total. The smallest absolute Gasteiger partial charge is 0.407 e. The van der Waals surface area contributed by atoms with Gasteiger partial charge in [-0.05, 0) is 13.8 Å².